The van der Waals surface area contributed by atoms with Crippen molar-refractivity contribution in [1.29, 1.82) is 0 Å². The van der Waals surface area contributed by atoms with Crippen LogP contribution in [0.3, 0.4) is 0 Å². The monoisotopic (exact) mass is 382 g/mol. The van der Waals surface area contributed by atoms with Crippen LogP contribution in [0.15, 0.2) is 16.6 Å². The lowest BCUT2D eigenvalue weighted by Crippen LogP contribution is -2.42. The standard InChI is InChI=1S/C18H27BrN2O2/c1-2-6-21-7-4-15(5-8-21)20-13-14-11-16(19)18-17(12-14)22-9-3-10-23-18/h11-12,15,20H,2-10,13H2,1H3. The van der Waals surface area contributed by atoms with Crippen molar-refractivity contribution < 1.29 is 9.47 Å². The van der Waals surface area contributed by atoms with E-state index in [-0.39, 0.29) is 0 Å². The Morgan fingerprint density at radius 3 is 2.78 bits per heavy atom. The normalized spacial score (nSPS) is 19.6. The van der Waals surface area contributed by atoms with Crippen LogP contribution >= 0.6 is 15.9 Å². The van der Waals surface area contributed by atoms with Gasteiger partial charge in [-0.2, -0.15) is 0 Å². The molecule has 2 aliphatic rings. The zero-order valence-corrected chi connectivity index (χ0v) is 15.5. The van der Waals surface area contributed by atoms with Gasteiger partial charge in [-0.15, -0.1) is 0 Å². The first kappa shape index (κ1) is 17.1. The van der Waals surface area contributed by atoms with E-state index in [0.29, 0.717) is 6.04 Å². The number of nitrogens with one attached hydrogen (secondary N) is 1. The lowest BCUT2D eigenvalue weighted by Gasteiger charge is -2.32. The first-order valence-electron chi connectivity index (χ1n) is 8.80. The number of rotatable bonds is 5. The second-order valence-corrected chi connectivity index (χ2v) is 7.31. The van der Waals surface area contributed by atoms with Crippen LogP contribution < -0.4 is 14.8 Å². The fourth-order valence-electron chi connectivity index (χ4n) is 3.33. The second-order valence-electron chi connectivity index (χ2n) is 6.45. The molecule has 1 saturated heterocycles. The minimum atomic E-state index is 0.623. The highest BCUT2D eigenvalue weighted by molar-refractivity contribution is 9.10. The zero-order chi connectivity index (χ0) is 16.1. The Labute approximate surface area is 147 Å². The number of halogens is 1. The molecule has 1 fully saturated rings. The molecular weight excluding hydrogens is 356 g/mol. The Bertz CT molecular complexity index is 516. The number of likely N-dealkylation sites (tertiary alicyclic amines) is 1. The van der Waals surface area contributed by atoms with Crippen LogP contribution in [0.5, 0.6) is 11.5 Å². The Hall–Kier alpha value is -0.780. The van der Waals surface area contributed by atoms with E-state index < -0.39 is 0 Å². The maximum atomic E-state index is 5.81. The van der Waals surface area contributed by atoms with Crippen molar-refractivity contribution in [2.24, 2.45) is 0 Å². The summed E-state index contributed by atoms with van der Waals surface area (Å²) >= 11 is 3.62. The first-order valence-corrected chi connectivity index (χ1v) is 9.59. The quantitative estimate of drug-likeness (QED) is 0.843. The summed E-state index contributed by atoms with van der Waals surface area (Å²) in [5.41, 5.74) is 1.25. The van der Waals surface area contributed by atoms with Crippen LogP contribution in [0.1, 0.15) is 38.2 Å². The third-order valence-corrected chi connectivity index (χ3v) is 5.17. The SMILES string of the molecule is CCCN1CCC(NCc2cc(Br)c3c(c2)OCCCO3)CC1. The van der Waals surface area contributed by atoms with Gasteiger partial charge in [0.1, 0.15) is 0 Å². The molecule has 0 aromatic heterocycles. The minimum Gasteiger partial charge on any atom is -0.490 e. The molecule has 1 aromatic carbocycles. The topological polar surface area (TPSA) is 33.7 Å². The molecule has 0 aliphatic carbocycles. The highest BCUT2D eigenvalue weighted by Gasteiger charge is 2.19. The Morgan fingerprint density at radius 2 is 2.00 bits per heavy atom. The predicted molar refractivity (Wildman–Crippen MR) is 96.3 cm³/mol. The number of fused-ring (bicyclic) bond motifs is 1. The number of nitrogens with zero attached hydrogens (tertiary/aromatic N) is 1. The lowest BCUT2D eigenvalue weighted by atomic mass is 10.0. The van der Waals surface area contributed by atoms with Crippen molar-refractivity contribution in [3.8, 4) is 11.5 Å². The molecule has 0 unspecified atom stereocenters. The summed E-state index contributed by atoms with van der Waals surface area (Å²) in [6.07, 6.45) is 4.67. The van der Waals surface area contributed by atoms with Gasteiger partial charge in [-0.1, -0.05) is 6.92 Å². The number of hydrogen-bond acceptors (Lipinski definition) is 4. The van der Waals surface area contributed by atoms with Crippen molar-refractivity contribution in [2.45, 2.75) is 45.2 Å². The average molecular weight is 383 g/mol. The Balaban J connectivity index is 1.55. The molecule has 128 valence electrons. The second kappa shape index (κ2) is 8.36. The minimum absolute atomic E-state index is 0.623. The molecule has 2 heterocycles. The largest absolute Gasteiger partial charge is 0.490 e. The third-order valence-electron chi connectivity index (χ3n) is 4.58. The van der Waals surface area contributed by atoms with Crippen LogP contribution in [0.4, 0.5) is 0 Å². The smallest absolute Gasteiger partial charge is 0.175 e. The Kier molecular flexibility index (Phi) is 6.20. The summed E-state index contributed by atoms with van der Waals surface area (Å²) in [7, 11) is 0. The van der Waals surface area contributed by atoms with E-state index in [0.717, 1.165) is 42.2 Å². The molecule has 0 radical (unpaired) electrons. The highest BCUT2D eigenvalue weighted by Crippen LogP contribution is 2.38. The van der Waals surface area contributed by atoms with Gasteiger partial charge in [-0.25, -0.2) is 0 Å². The van der Waals surface area contributed by atoms with Crippen LogP contribution in [0.25, 0.3) is 0 Å². The average Bonchev–Trinajstić information content (AvgIpc) is 2.80. The van der Waals surface area contributed by atoms with Crippen molar-refractivity contribution in [1.82, 2.24) is 10.2 Å². The zero-order valence-electron chi connectivity index (χ0n) is 13.9. The molecular formula is C18H27BrN2O2. The number of ether oxygens (including phenoxy) is 2. The van der Waals surface area contributed by atoms with Crippen molar-refractivity contribution in [3.63, 3.8) is 0 Å². The van der Waals surface area contributed by atoms with Crippen LogP contribution in [0, 0.1) is 0 Å². The van der Waals surface area contributed by atoms with Gasteiger partial charge in [-0.3, -0.25) is 0 Å². The van der Waals surface area contributed by atoms with Gasteiger partial charge in [-0.05, 0) is 72.5 Å². The van der Waals surface area contributed by atoms with Crippen LogP contribution in [-0.2, 0) is 6.54 Å². The summed E-state index contributed by atoms with van der Waals surface area (Å²) in [5.74, 6) is 1.71. The molecule has 1 aromatic rings. The molecule has 0 saturated carbocycles. The van der Waals surface area contributed by atoms with Gasteiger partial charge in [0.2, 0.25) is 0 Å². The fraction of sp³-hybridized carbons (Fsp3) is 0.667. The van der Waals surface area contributed by atoms with Gasteiger partial charge >= 0.3 is 0 Å². The summed E-state index contributed by atoms with van der Waals surface area (Å²) in [5, 5.41) is 3.71. The summed E-state index contributed by atoms with van der Waals surface area (Å²) < 4.78 is 12.6. The van der Waals surface area contributed by atoms with Gasteiger partial charge < -0.3 is 19.7 Å². The molecule has 0 atom stereocenters. The molecule has 23 heavy (non-hydrogen) atoms. The molecule has 0 bridgehead atoms. The molecule has 2 aliphatic heterocycles. The van der Waals surface area contributed by atoms with E-state index in [4.69, 9.17) is 9.47 Å². The highest BCUT2D eigenvalue weighted by atomic mass is 79.9. The van der Waals surface area contributed by atoms with E-state index in [2.05, 4.69) is 45.2 Å². The van der Waals surface area contributed by atoms with E-state index in [9.17, 15) is 0 Å². The Morgan fingerprint density at radius 1 is 1.22 bits per heavy atom. The molecule has 3 rings (SSSR count). The van der Waals surface area contributed by atoms with Crippen LogP contribution in [0.2, 0.25) is 0 Å². The maximum absolute atomic E-state index is 5.81. The van der Waals surface area contributed by atoms with Crippen molar-refractivity contribution in [2.75, 3.05) is 32.8 Å². The van der Waals surface area contributed by atoms with Gasteiger partial charge in [0.25, 0.3) is 0 Å². The number of benzene rings is 1. The molecule has 1 N–H and O–H groups in total. The fourth-order valence-corrected chi connectivity index (χ4v) is 3.93. The van der Waals surface area contributed by atoms with E-state index in [1.54, 1.807) is 0 Å². The van der Waals surface area contributed by atoms with Gasteiger partial charge in [0.15, 0.2) is 11.5 Å². The van der Waals surface area contributed by atoms with Crippen molar-refractivity contribution >= 4 is 15.9 Å². The van der Waals surface area contributed by atoms with Crippen LogP contribution in [-0.4, -0.2) is 43.8 Å². The van der Waals surface area contributed by atoms with Gasteiger partial charge in [0, 0.05) is 19.0 Å². The predicted octanol–water partition coefficient (Wildman–Crippen LogP) is 3.57. The lowest BCUT2D eigenvalue weighted by molar-refractivity contribution is 0.197. The van der Waals surface area contributed by atoms with E-state index >= 15 is 0 Å². The van der Waals surface area contributed by atoms with Gasteiger partial charge in [0.05, 0.1) is 17.7 Å². The van der Waals surface area contributed by atoms with E-state index in [1.807, 2.05) is 0 Å². The maximum Gasteiger partial charge on any atom is 0.175 e. The number of hydrogen-bond donors (Lipinski definition) is 1. The van der Waals surface area contributed by atoms with E-state index in [1.165, 1.54) is 44.5 Å². The molecule has 0 amide bonds. The summed E-state index contributed by atoms with van der Waals surface area (Å²) in [6.45, 7) is 8.26. The molecule has 4 nitrogen and oxygen atoms in total. The van der Waals surface area contributed by atoms with Crippen molar-refractivity contribution in [3.05, 3.63) is 22.2 Å². The molecule has 0 spiro atoms. The number of piperidine rings is 1. The molecule has 5 heteroatoms. The summed E-state index contributed by atoms with van der Waals surface area (Å²) in [4.78, 5) is 2.57. The third kappa shape index (κ3) is 4.61. The first-order chi connectivity index (χ1) is 11.3. The summed E-state index contributed by atoms with van der Waals surface area (Å²) in [6, 6.07) is 4.88.